The van der Waals surface area contributed by atoms with Crippen LogP contribution in [-0.2, 0) is 10.0 Å². The molecule has 144 valence electrons. The summed E-state index contributed by atoms with van der Waals surface area (Å²) in [5, 5.41) is 9.84. The van der Waals surface area contributed by atoms with Gasteiger partial charge in [-0.25, -0.2) is 8.42 Å². The van der Waals surface area contributed by atoms with E-state index in [0.29, 0.717) is 22.7 Å². The first-order valence-corrected chi connectivity index (χ1v) is 9.97. The highest BCUT2D eigenvalue weighted by Crippen LogP contribution is 2.26. The maximum absolute atomic E-state index is 12.7. The molecule has 0 bridgehead atoms. The van der Waals surface area contributed by atoms with E-state index in [1.807, 2.05) is 6.92 Å². The Balaban J connectivity index is 1.87. The second kappa shape index (κ2) is 8.14. The summed E-state index contributed by atoms with van der Waals surface area (Å²) in [6.45, 7) is 1.84. The van der Waals surface area contributed by atoms with Crippen molar-refractivity contribution in [2.24, 2.45) is 4.99 Å². The van der Waals surface area contributed by atoms with Crippen LogP contribution in [0.3, 0.4) is 0 Å². The van der Waals surface area contributed by atoms with Gasteiger partial charge in [-0.3, -0.25) is 9.71 Å². The van der Waals surface area contributed by atoms with Gasteiger partial charge in [0.1, 0.15) is 11.5 Å². The van der Waals surface area contributed by atoms with E-state index in [9.17, 15) is 13.5 Å². The second-order valence-corrected chi connectivity index (χ2v) is 7.78. The van der Waals surface area contributed by atoms with Crippen LogP contribution in [0.2, 0.25) is 0 Å². The number of phenols is 1. The molecule has 3 aromatic carbocycles. The van der Waals surface area contributed by atoms with Gasteiger partial charge in [0.15, 0.2) is 0 Å². The molecule has 0 atom stereocenters. The maximum Gasteiger partial charge on any atom is 0.261 e. The number of anilines is 1. The molecule has 0 amide bonds. The molecule has 0 saturated carbocycles. The van der Waals surface area contributed by atoms with Crippen molar-refractivity contribution >= 4 is 27.6 Å². The molecule has 0 saturated heterocycles. The Bertz CT molecular complexity index is 1110. The molecule has 0 aliphatic carbocycles. The SMILES string of the molecule is COc1ccc(NS(=O)(=O)c2ccc(C)c(N=Cc3ccccc3O)c2)cc1. The summed E-state index contributed by atoms with van der Waals surface area (Å²) in [5.41, 5.74) is 2.29. The zero-order chi connectivity index (χ0) is 20.1. The molecule has 0 unspecified atom stereocenters. The van der Waals surface area contributed by atoms with E-state index >= 15 is 0 Å². The van der Waals surface area contributed by atoms with Crippen molar-refractivity contribution in [1.29, 1.82) is 0 Å². The average Bonchev–Trinajstić information content (AvgIpc) is 2.68. The van der Waals surface area contributed by atoms with Gasteiger partial charge in [-0.2, -0.15) is 0 Å². The van der Waals surface area contributed by atoms with Crippen LogP contribution >= 0.6 is 0 Å². The summed E-state index contributed by atoms with van der Waals surface area (Å²) in [6.07, 6.45) is 1.50. The van der Waals surface area contributed by atoms with Gasteiger partial charge in [0, 0.05) is 17.5 Å². The lowest BCUT2D eigenvalue weighted by molar-refractivity contribution is 0.415. The average molecular weight is 396 g/mol. The van der Waals surface area contributed by atoms with E-state index in [1.54, 1.807) is 61.7 Å². The first-order chi connectivity index (χ1) is 13.4. The minimum atomic E-state index is -3.78. The van der Waals surface area contributed by atoms with Gasteiger partial charge in [0.05, 0.1) is 17.7 Å². The number of aryl methyl sites for hydroxylation is 1. The van der Waals surface area contributed by atoms with Gasteiger partial charge >= 0.3 is 0 Å². The van der Waals surface area contributed by atoms with E-state index in [-0.39, 0.29) is 10.6 Å². The second-order valence-electron chi connectivity index (χ2n) is 6.10. The Morgan fingerprint density at radius 1 is 1.04 bits per heavy atom. The summed E-state index contributed by atoms with van der Waals surface area (Å²) < 4.78 is 33.0. The lowest BCUT2D eigenvalue weighted by atomic mass is 10.2. The van der Waals surface area contributed by atoms with Crippen molar-refractivity contribution in [3.05, 3.63) is 77.9 Å². The smallest absolute Gasteiger partial charge is 0.261 e. The maximum atomic E-state index is 12.7. The van der Waals surface area contributed by atoms with Gasteiger partial charge in [0.25, 0.3) is 10.0 Å². The number of hydrogen-bond acceptors (Lipinski definition) is 5. The van der Waals surface area contributed by atoms with E-state index in [1.165, 1.54) is 18.3 Å². The highest BCUT2D eigenvalue weighted by atomic mass is 32.2. The third-order valence-electron chi connectivity index (χ3n) is 4.11. The van der Waals surface area contributed by atoms with Crippen molar-refractivity contribution in [2.75, 3.05) is 11.8 Å². The molecule has 28 heavy (non-hydrogen) atoms. The number of sulfonamides is 1. The van der Waals surface area contributed by atoms with Crippen LogP contribution in [0, 0.1) is 6.92 Å². The Morgan fingerprint density at radius 2 is 1.75 bits per heavy atom. The van der Waals surface area contributed by atoms with Crippen LogP contribution in [0.25, 0.3) is 0 Å². The number of rotatable bonds is 6. The van der Waals surface area contributed by atoms with Gasteiger partial charge in [0.2, 0.25) is 0 Å². The Kier molecular flexibility index (Phi) is 5.65. The number of nitrogens with zero attached hydrogens (tertiary/aromatic N) is 1. The zero-order valence-electron chi connectivity index (χ0n) is 15.5. The molecule has 0 radical (unpaired) electrons. The van der Waals surface area contributed by atoms with Crippen LogP contribution in [0.15, 0.2) is 76.6 Å². The highest BCUT2D eigenvalue weighted by molar-refractivity contribution is 7.92. The van der Waals surface area contributed by atoms with Gasteiger partial charge in [-0.1, -0.05) is 18.2 Å². The fraction of sp³-hybridized carbons (Fsp3) is 0.0952. The van der Waals surface area contributed by atoms with Gasteiger partial charge in [-0.15, -0.1) is 0 Å². The molecule has 0 aliphatic rings. The first kappa shape index (κ1) is 19.4. The third kappa shape index (κ3) is 4.50. The number of phenolic OH excluding ortho intramolecular Hbond substituents is 1. The van der Waals surface area contributed by atoms with E-state index in [0.717, 1.165) is 5.56 Å². The fourth-order valence-electron chi connectivity index (χ4n) is 2.50. The van der Waals surface area contributed by atoms with E-state index < -0.39 is 10.0 Å². The zero-order valence-corrected chi connectivity index (χ0v) is 16.3. The summed E-state index contributed by atoms with van der Waals surface area (Å²) >= 11 is 0. The number of aliphatic imine (C=N–C) groups is 1. The van der Waals surface area contributed by atoms with Gasteiger partial charge in [-0.05, 0) is 61.0 Å². The molecular formula is C21H20N2O4S. The number of para-hydroxylation sites is 1. The van der Waals surface area contributed by atoms with Crippen molar-refractivity contribution in [3.8, 4) is 11.5 Å². The molecule has 0 aromatic heterocycles. The summed E-state index contributed by atoms with van der Waals surface area (Å²) in [7, 11) is -2.23. The Hall–Kier alpha value is -3.32. The van der Waals surface area contributed by atoms with Crippen molar-refractivity contribution in [3.63, 3.8) is 0 Å². The first-order valence-electron chi connectivity index (χ1n) is 8.48. The predicted molar refractivity (Wildman–Crippen MR) is 110 cm³/mol. The van der Waals surface area contributed by atoms with Crippen molar-refractivity contribution < 1.29 is 18.3 Å². The summed E-state index contributed by atoms with van der Waals surface area (Å²) in [5.74, 6) is 0.743. The largest absolute Gasteiger partial charge is 0.507 e. The molecule has 0 heterocycles. The van der Waals surface area contributed by atoms with E-state index in [4.69, 9.17) is 4.74 Å². The Labute approximate surface area is 164 Å². The van der Waals surface area contributed by atoms with Crippen LogP contribution < -0.4 is 9.46 Å². The van der Waals surface area contributed by atoms with Crippen LogP contribution in [-0.4, -0.2) is 26.8 Å². The normalized spacial score (nSPS) is 11.5. The van der Waals surface area contributed by atoms with Crippen LogP contribution in [0.1, 0.15) is 11.1 Å². The molecule has 2 N–H and O–H groups in total. The molecule has 3 aromatic rings. The number of aromatic hydroxyl groups is 1. The number of ether oxygens (including phenoxy) is 1. The predicted octanol–water partition coefficient (Wildman–Crippen LogP) is 4.26. The number of benzene rings is 3. The molecule has 7 heteroatoms. The standard InChI is InChI=1S/C21H20N2O4S/c1-15-7-12-19(13-20(15)22-14-16-5-3-4-6-21(16)24)28(25,26)23-17-8-10-18(27-2)11-9-17/h3-14,23-24H,1-2H3. The number of nitrogens with one attached hydrogen (secondary N) is 1. The lowest BCUT2D eigenvalue weighted by Gasteiger charge is -2.10. The third-order valence-corrected chi connectivity index (χ3v) is 5.49. The lowest BCUT2D eigenvalue weighted by Crippen LogP contribution is -2.12. The van der Waals surface area contributed by atoms with Crippen LogP contribution in [0.5, 0.6) is 11.5 Å². The molecule has 0 aliphatic heterocycles. The van der Waals surface area contributed by atoms with Gasteiger partial charge < -0.3 is 9.84 Å². The molecular weight excluding hydrogens is 376 g/mol. The van der Waals surface area contributed by atoms with Crippen LogP contribution in [0.4, 0.5) is 11.4 Å². The molecule has 0 spiro atoms. The minimum absolute atomic E-state index is 0.0957. The topological polar surface area (TPSA) is 88.0 Å². The molecule has 3 rings (SSSR count). The Morgan fingerprint density at radius 3 is 2.43 bits per heavy atom. The quantitative estimate of drug-likeness (QED) is 0.610. The minimum Gasteiger partial charge on any atom is -0.507 e. The summed E-state index contributed by atoms with van der Waals surface area (Å²) in [6, 6.07) is 18.1. The van der Waals surface area contributed by atoms with E-state index in [2.05, 4.69) is 9.71 Å². The van der Waals surface area contributed by atoms with Crippen molar-refractivity contribution in [2.45, 2.75) is 11.8 Å². The highest BCUT2D eigenvalue weighted by Gasteiger charge is 2.15. The molecule has 6 nitrogen and oxygen atoms in total. The number of methoxy groups -OCH3 is 1. The molecule has 0 fully saturated rings. The van der Waals surface area contributed by atoms with Crippen molar-refractivity contribution in [1.82, 2.24) is 0 Å². The monoisotopic (exact) mass is 396 g/mol. The number of hydrogen-bond donors (Lipinski definition) is 2. The summed E-state index contributed by atoms with van der Waals surface area (Å²) in [4.78, 5) is 4.44. The fourth-order valence-corrected chi connectivity index (χ4v) is 3.58.